The topological polar surface area (TPSA) is 62.6 Å². The van der Waals surface area contributed by atoms with E-state index in [-0.39, 0.29) is 10.7 Å². The van der Waals surface area contributed by atoms with Gasteiger partial charge < -0.3 is 4.42 Å². The molecule has 0 radical (unpaired) electrons. The first-order valence-corrected chi connectivity index (χ1v) is 11.2. The minimum absolute atomic E-state index is 0.00201. The molecular weight excluding hydrogens is 468 g/mol. The van der Waals surface area contributed by atoms with Crippen LogP contribution in [0.4, 0.5) is 5.69 Å². The number of carbonyl (C=O) groups is 2. The summed E-state index contributed by atoms with van der Waals surface area (Å²) in [4.78, 5) is 27.5. The van der Waals surface area contributed by atoms with Gasteiger partial charge in [-0.2, -0.15) is 0 Å². The van der Waals surface area contributed by atoms with Crippen LogP contribution in [-0.4, -0.2) is 16.9 Å². The van der Waals surface area contributed by atoms with E-state index in [0.717, 1.165) is 22.3 Å². The lowest BCUT2D eigenvalue weighted by Gasteiger charge is -2.28. The third-order valence-corrected chi connectivity index (χ3v) is 5.97. The minimum Gasteiger partial charge on any atom is -0.464 e. The van der Waals surface area contributed by atoms with E-state index in [2.05, 4.69) is 5.32 Å². The maximum atomic E-state index is 13.4. The number of halogens is 1. The summed E-state index contributed by atoms with van der Waals surface area (Å²) in [6.07, 6.45) is 3.11. The fourth-order valence-corrected chi connectivity index (χ4v) is 4.23. The van der Waals surface area contributed by atoms with Gasteiger partial charge in [0.05, 0.1) is 12.0 Å². The predicted octanol–water partition coefficient (Wildman–Crippen LogP) is 6.10. The molecule has 0 unspecified atom stereocenters. The van der Waals surface area contributed by atoms with Gasteiger partial charge in [0.25, 0.3) is 11.8 Å². The van der Waals surface area contributed by atoms with Crippen molar-refractivity contribution in [2.45, 2.75) is 0 Å². The van der Waals surface area contributed by atoms with Crippen LogP contribution < -0.4 is 10.2 Å². The summed E-state index contributed by atoms with van der Waals surface area (Å²) >= 11 is 11.3. The number of nitrogens with zero attached hydrogens (tertiary/aromatic N) is 1. The van der Waals surface area contributed by atoms with Crippen LogP contribution in [0, 0.1) is 0 Å². The molecule has 1 N–H and O–H groups in total. The first kappa shape index (κ1) is 21.8. The number of anilines is 1. The minimum atomic E-state index is -0.586. The highest BCUT2D eigenvalue weighted by Crippen LogP contribution is 2.38. The molecule has 0 bridgehead atoms. The number of nitrogens with one attached hydrogen (secondary N) is 1. The number of amides is 2. The molecule has 2 amide bonds. The molecule has 1 fully saturated rings. The number of hydrogen-bond donors (Lipinski definition) is 1. The van der Waals surface area contributed by atoms with Gasteiger partial charge in [0.2, 0.25) is 0 Å². The first-order valence-electron chi connectivity index (χ1n) is 10.4. The summed E-state index contributed by atoms with van der Waals surface area (Å²) in [5.74, 6) is -0.739. The van der Waals surface area contributed by atoms with Gasteiger partial charge in [0.15, 0.2) is 5.11 Å². The highest BCUT2D eigenvalue weighted by atomic mass is 35.5. The molecule has 3 aromatic carbocycles. The molecule has 5 nitrogen and oxygen atoms in total. The number of carbonyl (C=O) groups excluding carboxylic acids is 2. The van der Waals surface area contributed by atoms with Crippen molar-refractivity contribution < 1.29 is 14.0 Å². The third kappa shape index (κ3) is 4.05. The van der Waals surface area contributed by atoms with Crippen LogP contribution in [0.2, 0.25) is 5.02 Å². The molecule has 0 saturated carbocycles. The van der Waals surface area contributed by atoms with Crippen molar-refractivity contribution in [3.63, 3.8) is 0 Å². The van der Waals surface area contributed by atoms with Gasteiger partial charge in [-0.05, 0) is 53.7 Å². The maximum Gasteiger partial charge on any atom is 0.270 e. The van der Waals surface area contributed by atoms with Crippen LogP contribution in [0.1, 0.15) is 5.76 Å². The average molecular weight is 485 g/mol. The normalized spacial score (nSPS) is 15.0. The zero-order valence-corrected chi connectivity index (χ0v) is 19.3. The van der Waals surface area contributed by atoms with Crippen molar-refractivity contribution in [3.05, 3.63) is 108 Å². The maximum absolute atomic E-state index is 13.4. The Morgan fingerprint density at radius 3 is 2.12 bits per heavy atom. The average Bonchev–Trinajstić information content (AvgIpc) is 3.27. The Balaban J connectivity index is 1.63. The van der Waals surface area contributed by atoms with Gasteiger partial charge >= 0.3 is 0 Å². The zero-order valence-electron chi connectivity index (χ0n) is 17.7. The largest absolute Gasteiger partial charge is 0.464 e. The Hall–Kier alpha value is -4.00. The smallest absolute Gasteiger partial charge is 0.270 e. The van der Waals surface area contributed by atoms with Crippen molar-refractivity contribution in [1.29, 1.82) is 0 Å². The molecule has 2 heterocycles. The van der Waals surface area contributed by atoms with E-state index in [1.54, 1.807) is 30.5 Å². The van der Waals surface area contributed by atoms with Crippen LogP contribution in [0.5, 0.6) is 0 Å². The summed E-state index contributed by atoms with van der Waals surface area (Å²) in [7, 11) is 0. The van der Waals surface area contributed by atoms with E-state index in [0.29, 0.717) is 16.5 Å². The Kier molecular flexibility index (Phi) is 5.84. The first-order chi connectivity index (χ1) is 16.5. The fraction of sp³-hybridized carbons (Fsp3) is 0. The van der Waals surface area contributed by atoms with Crippen LogP contribution in [-0.2, 0) is 9.59 Å². The zero-order chi connectivity index (χ0) is 23.7. The van der Waals surface area contributed by atoms with Crippen LogP contribution >= 0.6 is 23.8 Å². The fourth-order valence-electron chi connectivity index (χ4n) is 3.83. The number of benzene rings is 3. The summed E-state index contributed by atoms with van der Waals surface area (Å²) < 4.78 is 5.91. The van der Waals surface area contributed by atoms with Crippen LogP contribution in [0.3, 0.4) is 0 Å². The van der Waals surface area contributed by atoms with E-state index in [9.17, 15) is 9.59 Å². The van der Waals surface area contributed by atoms with Crippen LogP contribution in [0.25, 0.3) is 28.3 Å². The summed E-state index contributed by atoms with van der Waals surface area (Å²) in [5.41, 5.74) is 3.90. The number of furan rings is 1. The Bertz CT molecular complexity index is 1430. The third-order valence-electron chi connectivity index (χ3n) is 5.43. The molecule has 0 spiro atoms. The summed E-state index contributed by atoms with van der Waals surface area (Å²) in [6, 6.07) is 26.1. The summed E-state index contributed by atoms with van der Waals surface area (Å²) in [5, 5.41) is 3.12. The Labute approximate surface area is 206 Å². The van der Waals surface area contributed by atoms with E-state index >= 15 is 0 Å². The monoisotopic (exact) mass is 484 g/mol. The van der Waals surface area contributed by atoms with Gasteiger partial charge in [-0.15, -0.1) is 0 Å². The lowest BCUT2D eigenvalue weighted by Crippen LogP contribution is -2.54. The van der Waals surface area contributed by atoms with Crippen molar-refractivity contribution in [3.8, 4) is 22.3 Å². The highest BCUT2D eigenvalue weighted by molar-refractivity contribution is 7.80. The SMILES string of the molecule is O=C1NC(=S)N(c2ccc(Cl)cc2)C(=O)C1=Cc1occ(-c2ccccc2)c1-c1ccccc1. The molecule has 0 aliphatic carbocycles. The lowest BCUT2D eigenvalue weighted by molar-refractivity contribution is -0.122. The molecule has 0 atom stereocenters. The second kappa shape index (κ2) is 9.09. The summed E-state index contributed by atoms with van der Waals surface area (Å²) in [6.45, 7) is 0. The van der Waals surface area contributed by atoms with Gasteiger partial charge in [-0.3, -0.25) is 19.8 Å². The standard InChI is InChI=1S/C27H17ClN2O3S/c28-19-11-13-20(14-12-19)30-26(32)21(25(31)29-27(30)34)15-23-24(18-9-5-2-6-10-18)22(16-33-23)17-7-3-1-4-8-17/h1-16H,(H,29,31,34). The number of hydrogen-bond acceptors (Lipinski definition) is 4. The molecule has 1 aromatic heterocycles. The van der Waals surface area contributed by atoms with Crippen molar-refractivity contribution in [1.82, 2.24) is 5.32 Å². The molecule has 4 aromatic rings. The Morgan fingerprint density at radius 2 is 1.47 bits per heavy atom. The van der Waals surface area contributed by atoms with E-state index in [1.807, 2.05) is 60.7 Å². The molecule has 1 saturated heterocycles. The van der Waals surface area contributed by atoms with E-state index in [4.69, 9.17) is 28.2 Å². The molecular formula is C27H17ClN2O3S. The molecule has 34 heavy (non-hydrogen) atoms. The second-order valence-corrected chi connectivity index (χ2v) is 8.38. The van der Waals surface area contributed by atoms with Crippen molar-refractivity contribution in [2.75, 3.05) is 4.90 Å². The van der Waals surface area contributed by atoms with Crippen molar-refractivity contribution in [2.24, 2.45) is 0 Å². The molecule has 5 rings (SSSR count). The number of thiocarbonyl (C=S) groups is 1. The quantitative estimate of drug-likeness (QED) is 0.216. The van der Waals surface area contributed by atoms with E-state index in [1.165, 1.54) is 11.0 Å². The molecule has 166 valence electrons. The second-order valence-electron chi connectivity index (χ2n) is 7.55. The predicted molar refractivity (Wildman–Crippen MR) is 137 cm³/mol. The van der Waals surface area contributed by atoms with Gasteiger partial charge in [0, 0.05) is 16.1 Å². The Morgan fingerprint density at radius 1 is 0.853 bits per heavy atom. The molecule has 1 aliphatic heterocycles. The van der Waals surface area contributed by atoms with Gasteiger partial charge in [0.1, 0.15) is 11.3 Å². The van der Waals surface area contributed by atoms with Gasteiger partial charge in [-0.1, -0.05) is 72.3 Å². The highest BCUT2D eigenvalue weighted by Gasteiger charge is 2.35. The number of rotatable bonds is 4. The van der Waals surface area contributed by atoms with Gasteiger partial charge in [-0.25, -0.2) is 0 Å². The van der Waals surface area contributed by atoms with E-state index < -0.39 is 11.8 Å². The van der Waals surface area contributed by atoms with Crippen molar-refractivity contribution >= 4 is 52.5 Å². The molecule has 7 heteroatoms. The lowest BCUT2D eigenvalue weighted by atomic mass is 9.96. The van der Waals surface area contributed by atoms with Crippen LogP contribution in [0.15, 0.2) is 101 Å². The molecule has 1 aliphatic rings.